The highest BCUT2D eigenvalue weighted by Gasteiger charge is 2.16. The molecule has 7 heteroatoms. The van der Waals surface area contributed by atoms with Gasteiger partial charge < -0.3 is 15.2 Å². The molecule has 0 spiro atoms. The second-order valence-corrected chi connectivity index (χ2v) is 3.77. The molecule has 0 aliphatic heterocycles. The molecule has 0 aromatic heterocycles. The summed E-state index contributed by atoms with van der Waals surface area (Å²) in [4.78, 5) is 21.0. The van der Waals surface area contributed by atoms with Crippen molar-refractivity contribution in [2.24, 2.45) is 0 Å². The number of nitrogens with zero attached hydrogens (tertiary/aromatic N) is 1. The Morgan fingerprint density at radius 1 is 1.53 bits per heavy atom. The summed E-state index contributed by atoms with van der Waals surface area (Å²) in [5.74, 6) is -1.19. The molecule has 0 fully saturated rings. The van der Waals surface area contributed by atoms with Crippen molar-refractivity contribution in [2.75, 3.05) is 25.1 Å². The smallest absolute Gasteiger partial charge is 0.335 e. The first kappa shape index (κ1) is 14.9. The van der Waals surface area contributed by atoms with Crippen molar-refractivity contribution in [2.45, 2.75) is 13.3 Å². The Balaban J connectivity index is 2.71. The van der Waals surface area contributed by atoms with E-state index in [0.29, 0.717) is 31.9 Å². The van der Waals surface area contributed by atoms with E-state index in [2.05, 4.69) is 5.32 Å². The predicted molar refractivity (Wildman–Crippen MR) is 69.7 cm³/mol. The lowest BCUT2D eigenvalue weighted by Gasteiger charge is -2.07. The number of hydrogen-bond acceptors (Lipinski definition) is 5. The largest absolute Gasteiger partial charge is 0.478 e. The van der Waals surface area contributed by atoms with Crippen LogP contribution in [0.2, 0.25) is 0 Å². The number of carboxylic acid groups (broad SMARTS) is 1. The molecule has 104 valence electrons. The maximum Gasteiger partial charge on any atom is 0.335 e. The number of rotatable bonds is 8. The van der Waals surface area contributed by atoms with Gasteiger partial charge in [0, 0.05) is 25.8 Å². The molecule has 0 amide bonds. The molecule has 0 heterocycles. The van der Waals surface area contributed by atoms with Crippen LogP contribution in [0.4, 0.5) is 11.4 Å². The highest BCUT2D eigenvalue weighted by Crippen LogP contribution is 2.25. The standard InChI is InChI=1S/C12H16N2O5/c1-2-19-7-3-6-13-10-5-4-9(12(15)16)8-11(10)14(17)18/h4-5,8,13H,2-3,6-7H2,1H3,(H,15,16). The summed E-state index contributed by atoms with van der Waals surface area (Å²) in [6.07, 6.45) is 0.714. The molecule has 2 N–H and O–H groups in total. The molecule has 19 heavy (non-hydrogen) atoms. The number of hydrogen-bond donors (Lipinski definition) is 2. The number of carboxylic acids is 1. The third-order valence-electron chi connectivity index (χ3n) is 2.43. The number of ether oxygens (including phenoxy) is 1. The number of nitro groups is 1. The first-order chi connectivity index (χ1) is 9.06. The Hall–Kier alpha value is -2.15. The van der Waals surface area contributed by atoms with Gasteiger partial charge in [-0.2, -0.15) is 0 Å². The molecule has 0 aliphatic carbocycles. The van der Waals surface area contributed by atoms with E-state index in [4.69, 9.17) is 9.84 Å². The van der Waals surface area contributed by atoms with E-state index in [0.717, 1.165) is 6.07 Å². The summed E-state index contributed by atoms with van der Waals surface area (Å²) in [7, 11) is 0. The lowest BCUT2D eigenvalue weighted by molar-refractivity contribution is -0.384. The number of nitrogens with one attached hydrogen (secondary N) is 1. The Bertz CT molecular complexity index is 461. The quantitative estimate of drug-likeness (QED) is 0.425. The van der Waals surface area contributed by atoms with E-state index >= 15 is 0 Å². The topological polar surface area (TPSA) is 102 Å². The second kappa shape index (κ2) is 7.32. The number of nitro benzene ring substituents is 1. The average molecular weight is 268 g/mol. The highest BCUT2D eigenvalue weighted by atomic mass is 16.6. The Kier molecular flexibility index (Phi) is 5.74. The van der Waals surface area contributed by atoms with Gasteiger partial charge >= 0.3 is 5.97 Å². The summed E-state index contributed by atoms with van der Waals surface area (Å²) in [6.45, 7) is 3.62. The van der Waals surface area contributed by atoms with Crippen molar-refractivity contribution in [1.29, 1.82) is 0 Å². The molecule has 0 saturated carbocycles. The van der Waals surface area contributed by atoms with E-state index < -0.39 is 10.9 Å². The van der Waals surface area contributed by atoms with Crippen LogP contribution < -0.4 is 5.32 Å². The second-order valence-electron chi connectivity index (χ2n) is 3.77. The molecule has 1 aromatic carbocycles. The van der Waals surface area contributed by atoms with Crippen LogP contribution in [0, 0.1) is 10.1 Å². The monoisotopic (exact) mass is 268 g/mol. The van der Waals surface area contributed by atoms with E-state index in [9.17, 15) is 14.9 Å². The zero-order valence-electron chi connectivity index (χ0n) is 10.6. The Morgan fingerprint density at radius 2 is 2.26 bits per heavy atom. The van der Waals surface area contributed by atoms with Gasteiger partial charge in [0.2, 0.25) is 0 Å². The van der Waals surface area contributed by atoms with Crippen LogP contribution in [0.1, 0.15) is 23.7 Å². The van der Waals surface area contributed by atoms with Gasteiger partial charge in [-0.25, -0.2) is 4.79 Å². The van der Waals surface area contributed by atoms with Crippen molar-refractivity contribution in [3.05, 3.63) is 33.9 Å². The molecule has 0 radical (unpaired) electrons. The summed E-state index contributed by atoms with van der Waals surface area (Å²) >= 11 is 0. The van der Waals surface area contributed by atoms with Crippen LogP contribution in [0.25, 0.3) is 0 Å². The molecular weight excluding hydrogens is 252 g/mol. The zero-order chi connectivity index (χ0) is 14.3. The van der Waals surface area contributed by atoms with Gasteiger partial charge in [0.15, 0.2) is 0 Å². The van der Waals surface area contributed by atoms with Crippen molar-refractivity contribution in [3.8, 4) is 0 Å². The van der Waals surface area contributed by atoms with E-state index in [1.54, 1.807) is 0 Å². The van der Waals surface area contributed by atoms with Crippen LogP contribution in [-0.2, 0) is 4.74 Å². The van der Waals surface area contributed by atoms with Gasteiger partial charge in [-0.05, 0) is 25.5 Å². The maximum absolute atomic E-state index is 10.9. The van der Waals surface area contributed by atoms with Crippen LogP contribution >= 0.6 is 0 Å². The minimum atomic E-state index is -1.19. The molecule has 7 nitrogen and oxygen atoms in total. The van der Waals surface area contributed by atoms with Crippen molar-refractivity contribution in [1.82, 2.24) is 0 Å². The molecule has 0 bridgehead atoms. The lowest BCUT2D eigenvalue weighted by atomic mass is 10.1. The third-order valence-corrected chi connectivity index (χ3v) is 2.43. The van der Waals surface area contributed by atoms with Gasteiger partial charge in [-0.3, -0.25) is 10.1 Å². The van der Waals surface area contributed by atoms with Gasteiger partial charge in [0.05, 0.1) is 10.5 Å². The van der Waals surface area contributed by atoms with E-state index in [-0.39, 0.29) is 11.3 Å². The van der Waals surface area contributed by atoms with Crippen LogP contribution in [0.5, 0.6) is 0 Å². The summed E-state index contributed by atoms with van der Waals surface area (Å²) < 4.78 is 5.15. The molecule has 0 aliphatic rings. The Morgan fingerprint density at radius 3 is 2.84 bits per heavy atom. The average Bonchev–Trinajstić information content (AvgIpc) is 2.38. The number of aromatic carboxylic acids is 1. The van der Waals surface area contributed by atoms with E-state index in [1.165, 1.54) is 12.1 Å². The van der Waals surface area contributed by atoms with Gasteiger partial charge in [-0.15, -0.1) is 0 Å². The summed E-state index contributed by atoms with van der Waals surface area (Å²) in [5.41, 5.74) is -0.0330. The van der Waals surface area contributed by atoms with Gasteiger partial charge in [0.25, 0.3) is 5.69 Å². The highest BCUT2D eigenvalue weighted by molar-refractivity contribution is 5.89. The minimum Gasteiger partial charge on any atom is -0.478 e. The van der Waals surface area contributed by atoms with Crippen LogP contribution in [-0.4, -0.2) is 35.8 Å². The lowest BCUT2D eigenvalue weighted by Crippen LogP contribution is -2.08. The van der Waals surface area contributed by atoms with Gasteiger partial charge in [-0.1, -0.05) is 0 Å². The minimum absolute atomic E-state index is 0.105. The third kappa shape index (κ3) is 4.55. The molecule has 0 unspecified atom stereocenters. The summed E-state index contributed by atoms with van der Waals surface area (Å²) in [5, 5.41) is 22.6. The van der Waals surface area contributed by atoms with Crippen LogP contribution in [0.15, 0.2) is 18.2 Å². The number of carbonyl (C=O) groups is 1. The first-order valence-corrected chi connectivity index (χ1v) is 5.89. The van der Waals surface area contributed by atoms with Crippen molar-refractivity contribution in [3.63, 3.8) is 0 Å². The van der Waals surface area contributed by atoms with Crippen molar-refractivity contribution >= 4 is 17.3 Å². The molecular formula is C12H16N2O5. The van der Waals surface area contributed by atoms with Crippen molar-refractivity contribution < 1.29 is 19.6 Å². The fourth-order valence-electron chi connectivity index (χ4n) is 1.51. The zero-order valence-corrected chi connectivity index (χ0v) is 10.6. The molecule has 1 rings (SSSR count). The number of anilines is 1. The fraction of sp³-hybridized carbons (Fsp3) is 0.417. The molecule has 0 atom stereocenters. The molecule has 1 aromatic rings. The molecule has 0 saturated heterocycles. The first-order valence-electron chi connectivity index (χ1n) is 5.89. The Labute approximate surface area is 110 Å². The summed E-state index contributed by atoms with van der Waals surface area (Å²) in [6, 6.07) is 3.79. The fourth-order valence-corrected chi connectivity index (χ4v) is 1.51. The SMILES string of the molecule is CCOCCCNc1ccc(C(=O)O)cc1[N+](=O)[O-]. The maximum atomic E-state index is 10.9. The number of benzene rings is 1. The van der Waals surface area contributed by atoms with Crippen LogP contribution in [0.3, 0.4) is 0 Å². The predicted octanol–water partition coefficient (Wildman–Crippen LogP) is 2.13. The van der Waals surface area contributed by atoms with E-state index in [1.807, 2.05) is 6.92 Å². The normalized spacial score (nSPS) is 10.2. The van der Waals surface area contributed by atoms with Gasteiger partial charge in [0.1, 0.15) is 5.69 Å².